The average Bonchev–Trinajstić information content (AvgIpc) is 2.85. The van der Waals surface area contributed by atoms with Gasteiger partial charge in [-0.05, 0) is 24.3 Å². The van der Waals surface area contributed by atoms with E-state index in [4.69, 9.17) is 11.6 Å². The van der Waals surface area contributed by atoms with Gasteiger partial charge < -0.3 is 19.8 Å². The predicted molar refractivity (Wildman–Crippen MR) is 125 cm³/mol. The number of hydrogen-bond acceptors (Lipinski definition) is 5. The number of pyridine rings is 1. The van der Waals surface area contributed by atoms with E-state index >= 15 is 4.39 Å². The molecule has 1 atom stereocenters. The molecule has 5 rings (SSSR count). The zero-order valence-corrected chi connectivity index (χ0v) is 19.1. The summed E-state index contributed by atoms with van der Waals surface area (Å²) in [7, 11) is 1.55. The van der Waals surface area contributed by atoms with Crippen molar-refractivity contribution in [2.24, 2.45) is 0 Å². The van der Waals surface area contributed by atoms with E-state index in [1.807, 2.05) is 0 Å². The van der Waals surface area contributed by atoms with E-state index in [-0.39, 0.29) is 40.8 Å². The van der Waals surface area contributed by atoms with Crippen LogP contribution in [0.3, 0.4) is 0 Å². The number of fused-ring (bicyclic) bond motifs is 5. The second kappa shape index (κ2) is 8.16. The maximum absolute atomic E-state index is 15.8. The molecule has 1 N–H and O–H groups in total. The molecule has 2 amide bonds. The van der Waals surface area contributed by atoms with Crippen molar-refractivity contribution in [3.63, 3.8) is 0 Å². The Balaban J connectivity index is 1.73. The van der Waals surface area contributed by atoms with Crippen molar-refractivity contribution < 1.29 is 27.9 Å². The molecule has 0 unspecified atom stereocenters. The van der Waals surface area contributed by atoms with E-state index in [1.165, 1.54) is 28.1 Å². The van der Waals surface area contributed by atoms with Crippen LogP contribution in [-0.2, 0) is 9.59 Å². The van der Waals surface area contributed by atoms with E-state index < -0.39 is 40.4 Å². The smallest absolute Gasteiger partial charge is 0.251 e. The average molecular weight is 503 g/mol. The molecule has 0 radical (unpaired) electrons. The molecule has 0 aliphatic carbocycles. The predicted octanol–water partition coefficient (Wildman–Crippen LogP) is 3.86. The van der Waals surface area contributed by atoms with Crippen molar-refractivity contribution in [2.45, 2.75) is 6.04 Å². The summed E-state index contributed by atoms with van der Waals surface area (Å²) in [6.45, 7) is 4.17. The molecule has 7 nitrogen and oxygen atoms in total. The van der Waals surface area contributed by atoms with Gasteiger partial charge in [0.1, 0.15) is 17.3 Å². The number of likely N-dealkylation sites (N-methyl/N-ethyl adjacent to an activating group) is 1. The number of aromatic hydroxyl groups is 1. The Kier molecular flexibility index (Phi) is 5.36. The summed E-state index contributed by atoms with van der Waals surface area (Å²) in [6.07, 6.45) is 2.49. The largest absolute Gasteiger partial charge is 0.507 e. The second-order valence-electron chi connectivity index (χ2n) is 8.29. The van der Waals surface area contributed by atoms with Crippen LogP contribution in [-0.4, -0.2) is 59.5 Å². The minimum absolute atomic E-state index is 0.105. The minimum Gasteiger partial charge on any atom is -0.507 e. The molecule has 11 heteroatoms. The van der Waals surface area contributed by atoms with Crippen molar-refractivity contribution in [1.82, 2.24) is 9.88 Å². The molecule has 35 heavy (non-hydrogen) atoms. The highest BCUT2D eigenvalue weighted by atomic mass is 35.5. The van der Waals surface area contributed by atoms with Gasteiger partial charge in [0.15, 0.2) is 17.5 Å². The number of phenolic OH excluding ortho intramolecular Hbond substituents is 1. The Morgan fingerprint density at radius 3 is 2.69 bits per heavy atom. The summed E-state index contributed by atoms with van der Waals surface area (Å²) in [6, 6.07) is 2.25. The highest BCUT2D eigenvalue weighted by molar-refractivity contribution is 6.34. The Morgan fingerprint density at radius 2 is 1.97 bits per heavy atom. The van der Waals surface area contributed by atoms with Crippen LogP contribution in [0.4, 0.5) is 24.5 Å². The van der Waals surface area contributed by atoms with Gasteiger partial charge in [-0.1, -0.05) is 18.2 Å². The quantitative estimate of drug-likeness (QED) is 0.539. The summed E-state index contributed by atoms with van der Waals surface area (Å²) in [4.78, 5) is 34.0. The van der Waals surface area contributed by atoms with Crippen LogP contribution in [0.5, 0.6) is 5.75 Å². The van der Waals surface area contributed by atoms with Crippen LogP contribution in [0.25, 0.3) is 22.0 Å². The summed E-state index contributed by atoms with van der Waals surface area (Å²) in [5, 5.41) is 10.1. The Bertz CT molecular complexity index is 1450. The third-order valence-electron chi connectivity index (χ3n) is 6.46. The number of halogens is 4. The highest BCUT2D eigenvalue weighted by Crippen LogP contribution is 2.47. The van der Waals surface area contributed by atoms with Crippen LogP contribution in [0, 0.1) is 17.5 Å². The standard InChI is InChI=1S/C24H18ClF3N4O3/c1-3-17(34)31-6-7-32-15(10-31)24(35)30(2)14-9-29-22-11(23(14)32)8-12(25)18(21(22)28)19-16(33)5-4-13(26)20(19)27/h3-5,8-9,15,33H,1,6-7,10H2,2H3/t15-/m1/s1. The molecule has 0 saturated carbocycles. The molecule has 2 aliphatic heterocycles. The zero-order valence-electron chi connectivity index (χ0n) is 18.4. The van der Waals surface area contributed by atoms with Crippen LogP contribution >= 0.6 is 11.6 Å². The molecule has 0 bridgehead atoms. The number of anilines is 2. The first-order valence-electron chi connectivity index (χ1n) is 10.6. The number of aromatic nitrogens is 1. The number of rotatable bonds is 2. The van der Waals surface area contributed by atoms with Crippen LogP contribution in [0.15, 0.2) is 37.1 Å². The van der Waals surface area contributed by atoms with Crippen molar-refractivity contribution in [1.29, 1.82) is 0 Å². The fourth-order valence-corrected chi connectivity index (χ4v) is 5.01. The maximum Gasteiger partial charge on any atom is 0.251 e. The number of piperazine rings is 1. The highest BCUT2D eigenvalue weighted by Gasteiger charge is 2.42. The van der Waals surface area contributed by atoms with E-state index in [9.17, 15) is 23.5 Å². The van der Waals surface area contributed by atoms with Crippen molar-refractivity contribution in [3.05, 3.63) is 59.5 Å². The molecule has 0 spiro atoms. The number of phenols is 1. The maximum atomic E-state index is 15.8. The summed E-state index contributed by atoms with van der Waals surface area (Å²) in [5.41, 5.74) is -0.554. The van der Waals surface area contributed by atoms with Gasteiger partial charge in [-0.3, -0.25) is 14.6 Å². The number of amides is 2. The Hall–Kier alpha value is -3.79. The van der Waals surface area contributed by atoms with Crippen molar-refractivity contribution in [2.75, 3.05) is 36.5 Å². The number of carbonyl (C=O) groups excluding carboxylic acids is 2. The fraction of sp³-hybridized carbons (Fsp3) is 0.208. The lowest BCUT2D eigenvalue weighted by Gasteiger charge is -2.47. The Morgan fingerprint density at radius 1 is 1.23 bits per heavy atom. The van der Waals surface area contributed by atoms with Gasteiger partial charge in [0.2, 0.25) is 5.91 Å². The Labute approximate surface area is 202 Å². The monoisotopic (exact) mass is 502 g/mol. The summed E-state index contributed by atoms with van der Waals surface area (Å²) in [5.74, 6) is -5.03. The lowest BCUT2D eigenvalue weighted by molar-refractivity contribution is -0.128. The van der Waals surface area contributed by atoms with E-state index in [0.29, 0.717) is 17.9 Å². The second-order valence-corrected chi connectivity index (χ2v) is 8.69. The first-order chi connectivity index (χ1) is 16.6. The van der Waals surface area contributed by atoms with Crippen LogP contribution < -0.4 is 9.80 Å². The SMILES string of the molecule is C=CC(=O)N1CCN2c3c(cnc4c(F)c(-c5c(O)ccc(F)c5F)c(Cl)cc34)N(C)C(=O)[C@H]2C1. The van der Waals surface area contributed by atoms with Gasteiger partial charge in [-0.15, -0.1) is 0 Å². The van der Waals surface area contributed by atoms with E-state index in [2.05, 4.69) is 11.6 Å². The molecule has 2 aliphatic rings. The topological polar surface area (TPSA) is 77.0 Å². The third kappa shape index (κ3) is 3.31. The molecular weight excluding hydrogens is 485 g/mol. The molecule has 3 aromatic rings. The summed E-state index contributed by atoms with van der Waals surface area (Å²) >= 11 is 6.37. The van der Waals surface area contributed by atoms with E-state index in [0.717, 1.165) is 12.1 Å². The third-order valence-corrected chi connectivity index (χ3v) is 6.76. The first kappa shape index (κ1) is 23.0. The van der Waals surface area contributed by atoms with Gasteiger partial charge in [0.25, 0.3) is 5.91 Å². The number of hydrogen-bond donors (Lipinski definition) is 1. The molecule has 1 aromatic heterocycles. The lowest BCUT2D eigenvalue weighted by Crippen LogP contribution is -2.62. The first-order valence-corrected chi connectivity index (χ1v) is 11.0. The van der Waals surface area contributed by atoms with Crippen molar-refractivity contribution >= 4 is 45.7 Å². The van der Waals surface area contributed by atoms with Gasteiger partial charge >= 0.3 is 0 Å². The number of nitrogens with zero attached hydrogens (tertiary/aromatic N) is 4. The molecule has 1 fully saturated rings. The number of benzene rings is 2. The van der Waals surface area contributed by atoms with Gasteiger partial charge in [-0.25, -0.2) is 13.2 Å². The number of carbonyl (C=O) groups is 2. The van der Waals surface area contributed by atoms with E-state index in [1.54, 1.807) is 11.9 Å². The molecule has 2 aromatic carbocycles. The van der Waals surface area contributed by atoms with Gasteiger partial charge in [0.05, 0.1) is 34.7 Å². The molecule has 3 heterocycles. The zero-order chi connectivity index (χ0) is 25.2. The van der Waals surface area contributed by atoms with Crippen LogP contribution in [0.1, 0.15) is 0 Å². The summed E-state index contributed by atoms with van der Waals surface area (Å²) < 4.78 is 44.2. The molecular formula is C24H18ClF3N4O3. The van der Waals surface area contributed by atoms with Gasteiger partial charge in [-0.2, -0.15) is 0 Å². The van der Waals surface area contributed by atoms with Crippen molar-refractivity contribution in [3.8, 4) is 16.9 Å². The normalized spacial score (nSPS) is 17.5. The van der Waals surface area contributed by atoms with Crippen LogP contribution in [0.2, 0.25) is 5.02 Å². The fourth-order valence-electron chi connectivity index (χ4n) is 4.73. The molecule has 180 valence electrons. The molecule has 1 saturated heterocycles. The minimum atomic E-state index is -1.45. The lowest BCUT2D eigenvalue weighted by atomic mass is 9.97. The van der Waals surface area contributed by atoms with Gasteiger partial charge in [0, 0.05) is 31.1 Å².